The number of rotatable bonds is 10. The summed E-state index contributed by atoms with van der Waals surface area (Å²) in [6, 6.07) is 70.9. The third kappa shape index (κ3) is 8.02. The molecule has 11 rings (SSSR count). The summed E-state index contributed by atoms with van der Waals surface area (Å²) in [5.41, 5.74) is 10.2. The fourth-order valence-electron chi connectivity index (χ4n) is 10.0. The lowest BCUT2D eigenvalue weighted by Gasteiger charge is -2.33. The highest BCUT2D eigenvalue weighted by Gasteiger charge is 2.33. The van der Waals surface area contributed by atoms with Crippen molar-refractivity contribution >= 4 is 44.6 Å². The van der Waals surface area contributed by atoms with Gasteiger partial charge in [0, 0.05) is 59.5 Å². The molecule has 0 bridgehead atoms. The molecule has 0 saturated carbocycles. The lowest BCUT2D eigenvalue weighted by molar-refractivity contribution is 0.483. The van der Waals surface area contributed by atoms with E-state index in [0.29, 0.717) is 24.0 Å². The van der Waals surface area contributed by atoms with Crippen molar-refractivity contribution in [3.05, 3.63) is 240 Å². The quantitative estimate of drug-likeness (QED) is 0.137. The summed E-state index contributed by atoms with van der Waals surface area (Å²) >= 11 is 0. The second-order valence-electron chi connectivity index (χ2n) is 19.5. The van der Waals surface area contributed by atoms with Gasteiger partial charge in [-0.3, -0.25) is 4.57 Å². The number of para-hydroxylation sites is 3. The zero-order chi connectivity index (χ0) is 52.5. The first kappa shape index (κ1) is 37.1. The Labute approximate surface area is 415 Å². The number of hydrogen-bond donors (Lipinski definition) is 0. The number of anilines is 4. The van der Waals surface area contributed by atoms with Crippen LogP contribution in [0.5, 0.6) is 11.5 Å². The number of aromatic nitrogens is 2. The highest BCUT2D eigenvalue weighted by atomic mass is 16.5. The van der Waals surface area contributed by atoms with Gasteiger partial charge in [-0.1, -0.05) is 176 Å². The molecule has 8 aromatic carbocycles. The Morgan fingerprint density at radius 3 is 1.65 bits per heavy atom. The van der Waals surface area contributed by atoms with E-state index in [2.05, 4.69) is 171 Å². The van der Waals surface area contributed by atoms with Crippen LogP contribution in [-0.4, -0.2) is 16.2 Å². The standard InChI is InChI=1S/C64H58N4O/c1-62(2,3)48-33-34-65-61(40-48)68-57-28-18-17-27-55(57)56-32-31-53(42-60(56)68)69-54-36-45(44-21-11-8-12-22-44)35-51(41-54)66-43-67(59-30-20-19-29-58(59)66)52-38-49(63(4,5)46-23-13-9-14-24-46)37-50(39-52)64(6,7)47-25-15-10-16-26-47/h8-42H,43H2,1-7H3/i1D3,2D3. The van der Waals surface area contributed by atoms with Crippen molar-refractivity contribution in [2.45, 2.75) is 64.6 Å². The smallest absolute Gasteiger partial charge is 0.137 e. The van der Waals surface area contributed by atoms with Crippen molar-refractivity contribution in [3.8, 4) is 28.4 Å². The summed E-state index contributed by atoms with van der Waals surface area (Å²) in [6.45, 7) is 5.43. The number of pyridine rings is 1. The van der Waals surface area contributed by atoms with Gasteiger partial charge in [0.1, 0.15) is 24.0 Å². The molecule has 2 aromatic heterocycles. The van der Waals surface area contributed by atoms with Crippen LogP contribution in [0.25, 0.3) is 38.8 Å². The van der Waals surface area contributed by atoms with E-state index < -0.39 is 19.1 Å². The average molecular weight is 905 g/mol. The van der Waals surface area contributed by atoms with Gasteiger partial charge in [0.15, 0.2) is 0 Å². The van der Waals surface area contributed by atoms with E-state index in [9.17, 15) is 0 Å². The van der Waals surface area contributed by atoms with Gasteiger partial charge in [-0.05, 0) is 111 Å². The SMILES string of the molecule is [2H]C([2H])([2H])C(C)(c1ccnc(-n2c3ccccc3c3ccc(Oc4cc(-c5ccccc5)cc(N5CN(c6cc(C(C)(C)c7ccccc7)cc(C(C)(C)c7ccccc7)c6)c6ccccc65)c4)cc32)c1)C([2H])([2H])[2H]. The van der Waals surface area contributed by atoms with Crippen LogP contribution >= 0.6 is 0 Å². The van der Waals surface area contributed by atoms with Crippen LogP contribution < -0.4 is 14.5 Å². The Bertz CT molecular complexity index is 3650. The van der Waals surface area contributed by atoms with Gasteiger partial charge >= 0.3 is 0 Å². The van der Waals surface area contributed by atoms with E-state index in [-0.39, 0.29) is 16.4 Å². The third-order valence-corrected chi connectivity index (χ3v) is 14.2. The summed E-state index contributed by atoms with van der Waals surface area (Å²) in [5.74, 6) is 1.60. The van der Waals surface area contributed by atoms with Crippen LogP contribution in [0.2, 0.25) is 0 Å². The molecule has 1 aliphatic heterocycles. The van der Waals surface area contributed by atoms with E-state index in [4.69, 9.17) is 17.9 Å². The minimum Gasteiger partial charge on any atom is -0.457 e. The molecule has 0 saturated heterocycles. The van der Waals surface area contributed by atoms with Gasteiger partial charge in [0.25, 0.3) is 0 Å². The molecule has 340 valence electrons. The fraction of sp³-hybridized carbons (Fsp3) is 0.172. The van der Waals surface area contributed by atoms with Gasteiger partial charge in [0.2, 0.25) is 0 Å². The van der Waals surface area contributed by atoms with E-state index in [1.165, 1.54) is 41.4 Å². The number of fused-ring (bicyclic) bond motifs is 4. The third-order valence-electron chi connectivity index (χ3n) is 14.2. The molecule has 0 amide bonds. The predicted molar refractivity (Wildman–Crippen MR) is 288 cm³/mol. The van der Waals surface area contributed by atoms with E-state index in [1.54, 1.807) is 6.07 Å². The average Bonchev–Trinajstić information content (AvgIpc) is 3.98. The lowest BCUT2D eigenvalue weighted by atomic mass is 9.73. The fourth-order valence-corrected chi connectivity index (χ4v) is 10.0. The first-order valence-electron chi connectivity index (χ1n) is 26.6. The van der Waals surface area contributed by atoms with Crippen molar-refractivity contribution in [2.75, 3.05) is 16.5 Å². The minimum absolute atomic E-state index is 0.151. The van der Waals surface area contributed by atoms with Gasteiger partial charge < -0.3 is 14.5 Å². The summed E-state index contributed by atoms with van der Waals surface area (Å²) in [4.78, 5) is 9.51. The monoisotopic (exact) mass is 904 g/mol. The summed E-state index contributed by atoms with van der Waals surface area (Å²) in [5, 5.41) is 1.88. The molecule has 69 heavy (non-hydrogen) atoms. The molecule has 1 aliphatic rings. The Morgan fingerprint density at radius 1 is 0.449 bits per heavy atom. The first-order chi connectivity index (χ1) is 35.8. The zero-order valence-corrected chi connectivity index (χ0v) is 39.6. The number of hydrogen-bond acceptors (Lipinski definition) is 4. The molecule has 10 aromatic rings. The number of benzene rings is 8. The highest BCUT2D eigenvalue weighted by Crippen LogP contribution is 2.48. The Balaban J connectivity index is 1.02. The Kier molecular flexibility index (Phi) is 9.16. The second-order valence-corrected chi connectivity index (χ2v) is 19.5. The summed E-state index contributed by atoms with van der Waals surface area (Å²) < 4.78 is 59.2. The van der Waals surface area contributed by atoms with Crippen LogP contribution in [0.3, 0.4) is 0 Å². The maximum absolute atomic E-state index is 8.38. The van der Waals surface area contributed by atoms with E-state index in [0.717, 1.165) is 55.7 Å². The Hall–Kier alpha value is -7.89. The van der Waals surface area contributed by atoms with Crippen molar-refractivity contribution in [1.29, 1.82) is 0 Å². The van der Waals surface area contributed by atoms with Gasteiger partial charge in [-0.25, -0.2) is 4.98 Å². The summed E-state index contributed by atoms with van der Waals surface area (Å²) in [7, 11) is 0. The minimum atomic E-state index is -2.82. The van der Waals surface area contributed by atoms with Crippen molar-refractivity contribution in [1.82, 2.24) is 9.55 Å². The van der Waals surface area contributed by atoms with Gasteiger partial charge in [-0.2, -0.15) is 0 Å². The predicted octanol–water partition coefficient (Wildman–Crippen LogP) is 16.8. The van der Waals surface area contributed by atoms with Crippen LogP contribution in [0.15, 0.2) is 212 Å². The molecule has 0 aliphatic carbocycles. The van der Waals surface area contributed by atoms with Crippen molar-refractivity contribution in [2.24, 2.45) is 0 Å². The molecular formula is C64H58N4O. The van der Waals surface area contributed by atoms with Crippen molar-refractivity contribution in [3.63, 3.8) is 0 Å². The van der Waals surface area contributed by atoms with Crippen LogP contribution in [0.4, 0.5) is 22.7 Å². The largest absolute Gasteiger partial charge is 0.457 e. The first-order valence-corrected chi connectivity index (χ1v) is 23.6. The van der Waals surface area contributed by atoms with Crippen molar-refractivity contribution < 1.29 is 13.0 Å². The topological polar surface area (TPSA) is 33.5 Å². The number of ether oxygens (including phenoxy) is 1. The molecule has 0 unspecified atom stereocenters. The lowest BCUT2D eigenvalue weighted by Crippen LogP contribution is -2.27. The van der Waals surface area contributed by atoms with Gasteiger partial charge in [-0.15, -0.1) is 0 Å². The normalized spacial score (nSPS) is 14.7. The molecule has 0 atom stereocenters. The highest BCUT2D eigenvalue weighted by molar-refractivity contribution is 6.09. The molecule has 0 spiro atoms. The molecule has 0 fully saturated rings. The number of nitrogens with zero attached hydrogens (tertiary/aromatic N) is 4. The molecular weight excluding hydrogens is 841 g/mol. The molecule has 0 N–H and O–H groups in total. The maximum atomic E-state index is 8.38. The molecule has 3 heterocycles. The zero-order valence-electron chi connectivity index (χ0n) is 45.6. The maximum Gasteiger partial charge on any atom is 0.137 e. The van der Waals surface area contributed by atoms with Crippen LogP contribution in [0, 0.1) is 0 Å². The van der Waals surface area contributed by atoms with E-state index in [1.807, 2.05) is 65.2 Å². The molecule has 5 heteroatoms. The van der Waals surface area contributed by atoms with Crippen LogP contribution in [-0.2, 0) is 16.2 Å². The van der Waals surface area contributed by atoms with Crippen LogP contribution in [0.1, 0.15) is 84.4 Å². The van der Waals surface area contributed by atoms with Gasteiger partial charge in [0.05, 0.1) is 22.4 Å². The molecule has 5 nitrogen and oxygen atoms in total. The summed E-state index contributed by atoms with van der Waals surface area (Å²) in [6.07, 6.45) is 1.49. The second kappa shape index (κ2) is 17.0. The van der Waals surface area contributed by atoms with E-state index >= 15 is 0 Å². The Morgan fingerprint density at radius 2 is 1.01 bits per heavy atom. The molecule has 0 radical (unpaired) electrons.